The van der Waals surface area contributed by atoms with Crippen LogP contribution in [0, 0.1) is 4.91 Å². The third-order valence-electron chi connectivity index (χ3n) is 2.23. The van der Waals surface area contributed by atoms with Crippen molar-refractivity contribution in [3.8, 4) is 0 Å². The molecule has 0 unspecified atom stereocenters. The van der Waals surface area contributed by atoms with Crippen LogP contribution < -0.4 is 5.32 Å². The fourth-order valence-electron chi connectivity index (χ4n) is 1.62. The fourth-order valence-corrected chi connectivity index (χ4v) is 6.36. The van der Waals surface area contributed by atoms with E-state index in [4.69, 9.17) is 0 Å². The van der Waals surface area contributed by atoms with Crippen molar-refractivity contribution in [1.29, 1.82) is 0 Å². The second-order valence-corrected chi connectivity index (χ2v) is 8.56. The molecule has 1 aliphatic rings. The van der Waals surface area contributed by atoms with Gasteiger partial charge < -0.3 is 5.32 Å². The summed E-state index contributed by atoms with van der Waals surface area (Å²) in [6, 6.07) is -2.31. The van der Waals surface area contributed by atoms with Gasteiger partial charge in [0.15, 0.2) is 24.8 Å². The van der Waals surface area contributed by atoms with Gasteiger partial charge in [0, 0.05) is 0 Å². The van der Waals surface area contributed by atoms with Crippen LogP contribution >= 0.6 is 0 Å². The lowest BCUT2D eigenvalue weighted by Gasteiger charge is -2.24. The maximum atomic E-state index is 12.0. The number of hydrogen-bond donors (Lipinski definition) is 1. The number of carbonyl (C=O) groups is 1. The molecule has 1 aliphatic heterocycles. The summed E-state index contributed by atoms with van der Waals surface area (Å²) in [6.07, 6.45) is 0. The molecular formula is C7H12FN3O6S2. The second-order valence-electron chi connectivity index (χ2n) is 3.98. The van der Waals surface area contributed by atoms with Crippen molar-refractivity contribution in [3.63, 3.8) is 0 Å². The van der Waals surface area contributed by atoms with Crippen molar-refractivity contribution in [2.75, 3.05) is 29.8 Å². The maximum absolute atomic E-state index is 12.0. The fraction of sp³-hybridized carbons (Fsp3) is 0.857. The van der Waals surface area contributed by atoms with E-state index in [0.29, 0.717) is 0 Å². The second kappa shape index (κ2) is 5.77. The summed E-state index contributed by atoms with van der Waals surface area (Å²) < 4.78 is 57.3. The van der Waals surface area contributed by atoms with Gasteiger partial charge in [-0.2, -0.15) is 5.01 Å². The molecular weight excluding hydrogens is 305 g/mol. The number of halogens is 1. The molecule has 0 aromatic rings. The Balaban J connectivity index is 2.76. The van der Waals surface area contributed by atoms with Crippen molar-refractivity contribution < 1.29 is 26.0 Å². The SMILES string of the molecule is O=NN(CCF)C(=O)NC1CS(=O)(=O)CS(=O)(=O)C1. The minimum Gasteiger partial charge on any atom is -0.332 e. The lowest BCUT2D eigenvalue weighted by atomic mass is 10.4. The lowest BCUT2D eigenvalue weighted by Crippen LogP contribution is -2.52. The van der Waals surface area contributed by atoms with Crippen molar-refractivity contribution in [2.45, 2.75) is 6.04 Å². The van der Waals surface area contributed by atoms with Gasteiger partial charge in [-0.1, -0.05) is 0 Å². The first-order valence-corrected chi connectivity index (χ1v) is 8.71. The third-order valence-corrected chi connectivity index (χ3v) is 6.92. The standard InChI is InChI=1S/C7H12FN3O6S2/c8-1-2-11(10-13)7(12)9-6-3-18(14,15)5-19(16,17)4-6/h6H,1-5H2,(H,9,12). The molecule has 1 fully saturated rings. The van der Waals surface area contributed by atoms with Crippen LogP contribution in [0.25, 0.3) is 0 Å². The summed E-state index contributed by atoms with van der Waals surface area (Å²) in [5.74, 6) is -1.11. The quantitative estimate of drug-likeness (QED) is 0.513. The van der Waals surface area contributed by atoms with E-state index in [0.717, 1.165) is 0 Å². The van der Waals surface area contributed by atoms with Gasteiger partial charge in [-0.05, 0) is 0 Å². The molecule has 1 heterocycles. The van der Waals surface area contributed by atoms with Crippen LogP contribution in [0.3, 0.4) is 0 Å². The number of hydrogen-bond acceptors (Lipinski definition) is 7. The number of nitroso groups, excluding NO2 is 1. The van der Waals surface area contributed by atoms with Crippen molar-refractivity contribution >= 4 is 25.7 Å². The molecule has 0 bridgehead atoms. The summed E-state index contributed by atoms with van der Waals surface area (Å²) in [4.78, 5) is 21.7. The first kappa shape index (κ1) is 15.8. The Morgan fingerprint density at radius 1 is 1.26 bits per heavy atom. The summed E-state index contributed by atoms with van der Waals surface area (Å²) in [7, 11) is -7.67. The van der Waals surface area contributed by atoms with Crippen molar-refractivity contribution in [1.82, 2.24) is 10.3 Å². The van der Waals surface area contributed by atoms with Crippen molar-refractivity contribution in [3.05, 3.63) is 4.91 Å². The first-order valence-electron chi connectivity index (χ1n) is 5.07. The Bertz CT molecular complexity index is 525. The third kappa shape index (κ3) is 4.70. The van der Waals surface area contributed by atoms with Crippen LogP contribution in [0.1, 0.15) is 0 Å². The van der Waals surface area contributed by atoms with Crippen LogP contribution in [0.5, 0.6) is 0 Å². The molecule has 1 N–H and O–H groups in total. The monoisotopic (exact) mass is 317 g/mol. The molecule has 9 nitrogen and oxygen atoms in total. The molecule has 2 amide bonds. The van der Waals surface area contributed by atoms with E-state index in [9.17, 15) is 30.9 Å². The molecule has 19 heavy (non-hydrogen) atoms. The Morgan fingerprint density at radius 3 is 2.21 bits per heavy atom. The molecule has 110 valence electrons. The molecule has 0 saturated carbocycles. The number of urea groups is 1. The highest BCUT2D eigenvalue weighted by Crippen LogP contribution is 2.11. The minimum atomic E-state index is -3.83. The summed E-state index contributed by atoms with van der Waals surface area (Å²) in [6.45, 7) is -1.61. The average Bonchev–Trinajstić information content (AvgIpc) is 2.20. The predicted molar refractivity (Wildman–Crippen MR) is 63.2 cm³/mol. The molecule has 0 aliphatic carbocycles. The lowest BCUT2D eigenvalue weighted by molar-refractivity contribution is 0.192. The van der Waals surface area contributed by atoms with E-state index < -0.39 is 61.6 Å². The highest BCUT2D eigenvalue weighted by molar-refractivity contribution is 8.08. The van der Waals surface area contributed by atoms with E-state index in [2.05, 4.69) is 5.29 Å². The summed E-state index contributed by atoms with van der Waals surface area (Å²) in [5, 5.41) is 3.53. The molecule has 0 aromatic carbocycles. The van der Waals surface area contributed by atoms with Crippen LogP contribution in [-0.4, -0.2) is 63.7 Å². The molecule has 0 aromatic heterocycles. The van der Waals surface area contributed by atoms with Crippen molar-refractivity contribution in [2.24, 2.45) is 5.29 Å². The highest BCUT2D eigenvalue weighted by Gasteiger charge is 2.36. The molecule has 0 spiro atoms. The van der Waals surface area contributed by atoms with Gasteiger partial charge in [-0.25, -0.2) is 26.0 Å². The zero-order chi connectivity index (χ0) is 14.7. The van der Waals surface area contributed by atoms with E-state index >= 15 is 0 Å². The average molecular weight is 317 g/mol. The van der Waals surface area contributed by atoms with Gasteiger partial charge >= 0.3 is 6.03 Å². The molecule has 0 radical (unpaired) electrons. The highest BCUT2D eigenvalue weighted by atomic mass is 32.3. The predicted octanol–water partition coefficient (Wildman–Crippen LogP) is -1.18. The van der Waals surface area contributed by atoms with Gasteiger partial charge in [0.2, 0.25) is 0 Å². The zero-order valence-electron chi connectivity index (χ0n) is 9.65. The molecule has 0 atom stereocenters. The number of amides is 2. The van der Waals surface area contributed by atoms with E-state index in [1.54, 1.807) is 0 Å². The van der Waals surface area contributed by atoms with E-state index in [-0.39, 0.29) is 5.01 Å². The number of nitrogens with zero attached hydrogens (tertiary/aromatic N) is 2. The van der Waals surface area contributed by atoms with Crippen LogP contribution in [-0.2, 0) is 19.7 Å². The van der Waals surface area contributed by atoms with Gasteiger partial charge in [-0.15, -0.1) is 4.91 Å². The van der Waals surface area contributed by atoms with Gasteiger partial charge in [0.05, 0.1) is 29.4 Å². The number of rotatable bonds is 4. The minimum absolute atomic E-state index is 0.216. The number of alkyl halides is 1. The zero-order valence-corrected chi connectivity index (χ0v) is 11.3. The summed E-state index contributed by atoms with van der Waals surface area (Å²) in [5.41, 5.74) is 0. The van der Waals surface area contributed by atoms with E-state index in [1.165, 1.54) is 0 Å². The normalized spacial score (nSPS) is 21.5. The Kier molecular flexibility index (Phi) is 4.79. The van der Waals surface area contributed by atoms with Crippen LogP contribution in [0.2, 0.25) is 0 Å². The van der Waals surface area contributed by atoms with Crippen LogP contribution in [0.4, 0.5) is 9.18 Å². The Morgan fingerprint density at radius 2 is 1.79 bits per heavy atom. The molecule has 1 saturated heterocycles. The van der Waals surface area contributed by atoms with E-state index in [1.807, 2.05) is 5.32 Å². The Hall–Kier alpha value is -1.30. The first-order chi connectivity index (χ1) is 8.69. The maximum Gasteiger partial charge on any atom is 0.340 e. The van der Waals surface area contributed by atoms with Gasteiger partial charge in [-0.3, -0.25) is 0 Å². The molecule has 12 heteroatoms. The smallest absolute Gasteiger partial charge is 0.332 e. The topological polar surface area (TPSA) is 130 Å². The Labute approximate surface area is 108 Å². The summed E-state index contributed by atoms with van der Waals surface area (Å²) >= 11 is 0. The number of nitrogens with one attached hydrogen (secondary N) is 1. The van der Waals surface area contributed by atoms with Crippen LogP contribution in [0.15, 0.2) is 5.29 Å². The molecule has 1 rings (SSSR count). The number of carbonyl (C=O) groups excluding carboxylic acids is 1. The number of sulfone groups is 2. The van der Waals surface area contributed by atoms with Gasteiger partial charge in [0.25, 0.3) is 0 Å². The van der Waals surface area contributed by atoms with Gasteiger partial charge in [0.1, 0.15) is 6.67 Å². The largest absolute Gasteiger partial charge is 0.340 e.